The van der Waals surface area contributed by atoms with E-state index in [-0.39, 0.29) is 80.8 Å². The number of nitrogens with one attached hydrogen (secondary N) is 2. The fourth-order valence-electron chi connectivity index (χ4n) is 3.35. The van der Waals surface area contributed by atoms with Crippen molar-refractivity contribution >= 4 is 46.4 Å². The number of ether oxygens (including phenoxy) is 4. The molecule has 2 heterocycles. The molecule has 2 atom stereocenters. The minimum Gasteiger partial charge on any atom is -0.469 e. The first-order valence-electron chi connectivity index (χ1n) is 11.3. The molecule has 2 fully saturated rings. The third-order valence-electron chi connectivity index (χ3n) is 5.33. The van der Waals surface area contributed by atoms with E-state index in [2.05, 4.69) is 15.4 Å². The normalized spacial score (nSPS) is 22.8. The van der Waals surface area contributed by atoms with Crippen molar-refractivity contribution in [2.75, 3.05) is 32.6 Å². The quantitative estimate of drug-likeness (QED) is 0.207. The molecule has 0 aromatic rings. The molecular weight excluding hydrogens is 484 g/mol. The van der Waals surface area contributed by atoms with Crippen LogP contribution in [0.4, 0.5) is 0 Å². The zero-order valence-electron chi connectivity index (χ0n) is 20.1. The van der Waals surface area contributed by atoms with Gasteiger partial charge in [0.2, 0.25) is 11.8 Å². The van der Waals surface area contributed by atoms with E-state index >= 15 is 0 Å². The molecule has 1 unspecified atom stereocenters. The van der Waals surface area contributed by atoms with Crippen molar-refractivity contribution in [1.82, 2.24) is 10.6 Å². The van der Waals surface area contributed by atoms with Crippen LogP contribution < -0.4 is 10.6 Å². The molecule has 2 aliphatic heterocycles. The summed E-state index contributed by atoms with van der Waals surface area (Å²) in [6, 6.07) is 0. The molecule has 0 saturated carbocycles. The van der Waals surface area contributed by atoms with Crippen LogP contribution in [-0.4, -0.2) is 79.3 Å². The van der Waals surface area contributed by atoms with Gasteiger partial charge in [0.15, 0.2) is 11.2 Å². The standard InChI is InChI=1S/C22H32N2O10S/c1-21(2)13-32-22(8-6-17(28)33-22)34-19(21)20(30)24-9-7-15(26)23-10-11-35-18(29)12-14(25)4-5-16(27)31-3/h19H,4-13H2,1-3H3,(H,23,26)(H,24,30)/t19-,22?/m0/s1. The number of hydrogen-bond acceptors (Lipinski definition) is 11. The minimum atomic E-state index is -1.53. The van der Waals surface area contributed by atoms with Crippen LogP contribution in [-0.2, 0) is 47.7 Å². The largest absolute Gasteiger partial charge is 0.469 e. The molecule has 2 N–H and O–H groups in total. The highest BCUT2D eigenvalue weighted by atomic mass is 32.2. The van der Waals surface area contributed by atoms with Crippen LogP contribution in [0.3, 0.4) is 0 Å². The van der Waals surface area contributed by atoms with E-state index in [4.69, 9.17) is 14.2 Å². The van der Waals surface area contributed by atoms with Gasteiger partial charge in [0.25, 0.3) is 0 Å². The lowest BCUT2D eigenvalue weighted by molar-refractivity contribution is -0.404. The maximum absolute atomic E-state index is 12.7. The second kappa shape index (κ2) is 13.0. The average molecular weight is 517 g/mol. The predicted molar refractivity (Wildman–Crippen MR) is 122 cm³/mol. The molecule has 1 spiro atoms. The number of ketones is 1. The summed E-state index contributed by atoms with van der Waals surface area (Å²) in [6.45, 7) is 4.02. The van der Waals surface area contributed by atoms with Crippen LogP contribution in [0, 0.1) is 5.41 Å². The van der Waals surface area contributed by atoms with E-state index in [0.717, 1.165) is 11.8 Å². The molecule has 2 aliphatic rings. The highest BCUT2D eigenvalue weighted by molar-refractivity contribution is 8.13. The lowest BCUT2D eigenvalue weighted by atomic mass is 9.85. The van der Waals surface area contributed by atoms with Crippen molar-refractivity contribution in [1.29, 1.82) is 0 Å². The van der Waals surface area contributed by atoms with E-state index < -0.39 is 35.3 Å². The Balaban J connectivity index is 1.62. The number of thioether (sulfide) groups is 1. The van der Waals surface area contributed by atoms with E-state index in [1.165, 1.54) is 7.11 Å². The van der Waals surface area contributed by atoms with Crippen LogP contribution in [0.1, 0.15) is 52.4 Å². The summed E-state index contributed by atoms with van der Waals surface area (Å²) >= 11 is 0.919. The van der Waals surface area contributed by atoms with Gasteiger partial charge in [-0.25, -0.2) is 0 Å². The molecule has 2 saturated heterocycles. The van der Waals surface area contributed by atoms with Crippen molar-refractivity contribution in [2.45, 2.75) is 64.4 Å². The van der Waals surface area contributed by atoms with Gasteiger partial charge < -0.3 is 29.6 Å². The van der Waals surface area contributed by atoms with Crippen LogP contribution in [0.2, 0.25) is 0 Å². The van der Waals surface area contributed by atoms with Gasteiger partial charge in [0, 0.05) is 37.1 Å². The fourth-order valence-corrected chi connectivity index (χ4v) is 4.04. The monoisotopic (exact) mass is 516 g/mol. The molecule has 0 aromatic heterocycles. The van der Waals surface area contributed by atoms with Crippen LogP contribution in [0.25, 0.3) is 0 Å². The maximum atomic E-state index is 12.7. The van der Waals surface area contributed by atoms with E-state index in [0.29, 0.717) is 0 Å². The Morgan fingerprint density at radius 2 is 1.83 bits per heavy atom. The lowest BCUT2D eigenvalue weighted by Crippen LogP contribution is -2.58. The van der Waals surface area contributed by atoms with Gasteiger partial charge in [-0.3, -0.25) is 28.8 Å². The van der Waals surface area contributed by atoms with Crippen molar-refractivity contribution in [3.63, 3.8) is 0 Å². The van der Waals surface area contributed by atoms with Crippen LogP contribution in [0.5, 0.6) is 0 Å². The Morgan fingerprint density at radius 3 is 2.49 bits per heavy atom. The first-order valence-corrected chi connectivity index (χ1v) is 12.3. The summed E-state index contributed by atoms with van der Waals surface area (Å²) in [7, 11) is 1.22. The Bertz CT molecular complexity index is 846. The number of carbonyl (C=O) groups is 6. The maximum Gasteiger partial charge on any atom is 0.330 e. The summed E-state index contributed by atoms with van der Waals surface area (Å²) in [5.74, 6) is -3.32. The second-order valence-electron chi connectivity index (χ2n) is 8.84. The predicted octanol–water partition coefficient (Wildman–Crippen LogP) is 0.214. The van der Waals surface area contributed by atoms with Gasteiger partial charge in [-0.05, 0) is 0 Å². The van der Waals surface area contributed by atoms with Crippen LogP contribution >= 0.6 is 11.8 Å². The molecule has 0 bridgehead atoms. The Hall–Kier alpha value is -2.51. The van der Waals surface area contributed by atoms with Crippen molar-refractivity contribution in [2.24, 2.45) is 5.41 Å². The van der Waals surface area contributed by atoms with Gasteiger partial charge in [0.05, 0.1) is 39.4 Å². The minimum absolute atomic E-state index is 0.0140. The first kappa shape index (κ1) is 28.7. The Kier molecular flexibility index (Phi) is 10.7. The zero-order chi connectivity index (χ0) is 26.1. The Labute approximate surface area is 207 Å². The topological polar surface area (TPSA) is 163 Å². The highest BCUT2D eigenvalue weighted by Gasteiger charge is 2.54. The molecule has 12 nitrogen and oxygen atoms in total. The molecule has 35 heavy (non-hydrogen) atoms. The van der Waals surface area contributed by atoms with E-state index in [9.17, 15) is 28.8 Å². The number of methoxy groups -OCH3 is 1. The molecule has 196 valence electrons. The van der Waals surface area contributed by atoms with Crippen molar-refractivity contribution in [3.8, 4) is 0 Å². The van der Waals surface area contributed by atoms with Gasteiger partial charge in [0.1, 0.15) is 5.78 Å². The number of amides is 2. The highest BCUT2D eigenvalue weighted by Crippen LogP contribution is 2.41. The van der Waals surface area contributed by atoms with Gasteiger partial charge in [-0.15, -0.1) is 0 Å². The molecule has 0 radical (unpaired) electrons. The summed E-state index contributed by atoms with van der Waals surface area (Å²) in [4.78, 5) is 70.6. The first-order chi connectivity index (χ1) is 16.5. The fraction of sp³-hybridized carbons (Fsp3) is 0.727. The smallest absolute Gasteiger partial charge is 0.330 e. The van der Waals surface area contributed by atoms with Gasteiger partial charge in [-0.2, -0.15) is 0 Å². The van der Waals surface area contributed by atoms with Gasteiger partial charge >= 0.3 is 17.9 Å². The zero-order valence-corrected chi connectivity index (χ0v) is 21.0. The van der Waals surface area contributed by atoms with E-state index in [1.807, 2.05) is 0 Å². The molecule has 2 rings (SSSR count). The lowest BCUT2D eigenvalue weighted by Gasteiger charge is -2.44. The molecule has 2 amide bonds. The number of Topliss-reactive ketones (excluding diaryl/α,β-unsaturated/α-hetero) is 1. The Morgan fingerprint density at radius 1 is 1.09 bits per heavy atom. The number of rotatable bonds is 12. The number of carbonyl (C=O) groups excluding carboxylic acids is 6. The molecule has 13 heteroatoms. The second-order valence-corrected chi connectivity index (χ2v) is 9.99. The summed E-state index contributed by atoms with van der Waals surface area (Å²) in [5, 5.41) is 4.95. The third kappa shape index (κ3) is 9.22. The van der Waals surface area contributed by atoms with Crippen molar-refractivity contribution < 1.29 is 47.7 Å². The summed E-state index contributed by atoms with van der Waals surface area (Å²) < 4.78 is 20.9. The summed E-state index contributed by atoms with van der Waals surface area (Å²) in [5.41, 5.74) is -0.670. The van der Waals surface area contributed by atoms with Gasteiger partial charge in [-0.1, -0.05) is 25.6 Å². The third-order valence-corrected chi connectivity index (χ3v) is 6.20. The molecular formula is C22H32N2O10S. The number of esters is 2. The SMILES string of the molecule is COC(=O)CCC(=O)CC(=O)SCCNC(=O)CCNC(=O)[C@@H]1OC2(CCC(=O)O2)OCC1(C)C. The van der Waals surface area contributed by atoms with Crippen molar-refractivity contribution in [3.05, 3.63) is 0 Å². The molecule has 0 aromatic carbocycles. The molecule has 0 aliphatic carbocycles. The average Bonchev–Trinajstić information content (AvgIpc) is 3.17. The summed E-state index contributed by atoms with van der Waals surface area (Å²) in [6.07, 6.45) is -0.966. The van der Waals surface area contributed by atoms with Crippen LogP contribution in [0.15, 0.2) is 0 Å². The van der Waals surface area contributed by atoms with E-state index in [1.54, 1.807) is 13.8 Å². The number of hydrogen-bond donors (Lipinski definition) is 2.